The van der Waals surface area contributed by atoms with Crippen LogP contribution in [0.1, 0.15) is 43.0 Å². The van der Waals surface area contributed by atoms with Crippen LogP contribution >= 0.6 is 0 Å². The van der Waals surface area contributed by atoms with Crippen molar-refractivity contribution < 1.29 is 19.1 Å². The molecule has 1 amide bonds. The van der Waals surface area contributed by atoms with Gasteiger partial charge in [-0.2, -0.15) is 0 Å². The van der Waals surface area contributed by atoms with E-state index in [0.29, 0.717) is 12.1 Å². The Morgan fingerprint density at radius 3 is 1.94 bits per heavy atom. The summed E-state index contributed by atoms with van der Waals surface area (Å²) >= 11 is 0. The Hall–Kier alpha value is -3.73. The average molecular weight is 415 g/mol. The summed E-state index contributed by atoms with van der Waals surface area (Å²) in [6.45, 7) is 3.96. The topological polar surface area (TPSA) is 63.7 Å². The van der Waals surface area contributed by atoms with Crippen molar-refractivity contribution in [1.82, 2.24) is 4.90 Å². The molecule has 0 spiro atoms. The number of amides is 1. The van der Waals surface area contributed by atoms with Crippen molar-refractivity contribution in [3.8, 4) is 0 Å². The number of aryl methyl sites for hydroxylation is 2. The van der Waals surface area contributed by atoms with Crippen LogP contribution in [0.3, 0.4) is 0 Å². The summed E-state index contributed by atoms with van der Waals surface area (Å²) < 4.78 is 5.23. The zero-order valence-electron chi connectivity index (χ0n) is 17.9. The number of esters is 1. The fourth-order valence-electron chi connectivity index (χ4n) is 3.09. The minimum Gasteiger partial charge on any atom is -0.452 e. The fraction of sp³-hybridized carbons (Fsp3) is 0.192. The normalized spacial score (nSPS) is 10.4. The van der Waals surface area contributed by atoms with Gasteiger partial charge in [0.05, 0.1) is 5.56 Å². The second-order valence-corrected chi connectivity index (χ2v) is 7.55. The predicted molar refractivity (Wildman–Crippen MR) is 119 cm³/mol. The summed E-state index contributed by atoms with van der Waals surface area (Å²) in [5.74, 6) is -1.29. The molecule has 0 bridgehead atoms. The van der Waals surface area contributed by atoms with Crippen LogP contribution in [-0.2, 0) is 16.1 Å². The molecule has 158 valence electrons. The SMILES string of the molecule is Cc1ccc(CN(C)C(=O)COC(=O)c2ccccc2C(=O)c2ccc(C)cc2)cc1. The van der Waals surface area contributed by atoms with Gasteiger partial charge >= 0.3 is 5.97 Å². The van der Waals surface area contributed by atoms with Crippen molar-refractivity contribution in [3.63, 3.8) is 0 Å². The van der Waals surface area contributed by atoms with Crippen LogP contribution in [0.5, 0.6) is 0 Å². The van der Waals surface area contributed by atoms with Gasteiger partial charge < -0.3 is 9.64 Å². The van der Waals surface area contributed by atoms with E-state index in [1.165, 1.54) is 11.0 Å². The number of hydrogen-bond acceptors (Lipinski definition) is 4. The number of ketones is 1. The maximum atomic E-state index is 12.9. The molecule has 0 aliphatic carbocycles. The number of likely N-dealkylation sites (N-methyl/N-ethyl adjacent to an activating group) is 1. The van der Waals surface area contributed by atoms with Crippen LogP contribution in [0.4, 0.5) is 0 Å². The van der Waals surface area contributed by atoms with E-state index in [4.69, 9.17) is 4.74 Å². The summed E-state index contributed by atoms with van der Waals surface area (Å²) in [6, 6.07) is 21.5. The Labute approximate surface area is 182 Å². The number of rotatable bonds is 7. The lowest BCUT2D eigenvalue weighted by Crippen LogP contribution is -2.31. The van der Waals surface area contributed by atoms with Gasteiger partial charge in [0.15, 0.2) is 12.4 Å². The van der Waals surface area contributed by atoms with Gasteiger partial charge in [0.2, 0.25) is 0 Å². The van der Waals surface area contributed by atoms with E-state index in [2.05, 4.69) is 0 Å². The molecule has 0 aliphatic heterocycles. The van der Waals surface area contributed by atoms with Gasteiger partial charge in [0.1, 0.15) is 0 Å². The molecule has 5 heteroatoms. The molecule has 3 aromatic carbocycles. The van der Waals surface area contributed by atoms with Crippen LogP contribution in [0.25, 0.3) is 0 Å². The van der Waals surface area contributed by atoms with E-state index in [0.717, 1.165) is 16.7 Å². The molecule has 31 heavy (non-hydrogen) atoms. The first-order chi connectivity index (χ1) is 14.8. The summed E-state index contributed by atoms with van der Waals surface area (Å²) in [6.07, 6.45) is 0. The molecule has 0 fully saturated rings. The third-order valence-electron chi connectivity index (χ3n) is 5.00. The Morgan fingerprint density at radius 2 is 1.32 bits per heavy atom. The number of nitrogens with zero attached hydrogens (tertiary/aromatic N) is 1. The second-order valence-electron chi connectivity index (χ2n) is 7.55. The molecule has 0 N–H and O–H groups in total. The van der Waals surface area contributed by atoms with Crippen molar-refractivity contribution in [1.29, 1.82) is 0 Å². The number of carbonyl (C=O) groups excluding carboxylic acids is 3. The first-order valence-electron chi connectivity index (χ1n) is 10.0. The molecule has 0 aromatic heterocycles. The second kappa shape index (κ2) is 9.85. The molecule has 0 heterocycles. The predicted octanol–water partition coefficient (Wildman–Crippen LogP) is 4.35. The summed E-state index contributed by atoms with van der Waals surface area (Å²) in [5.41, 5.74) is 4.04. The average Bonchev–Trinajstić information content (AvgIpc) is 2.78. The maximum Gasteiger partial charge on any atom is 0.339 e. The molecule has 3 rings (SSSR count). The summed E-state index contributed by atoms with van der Waals surface area (Å²) in [4.78, 5) is 39.4. The highest BCUT2D eigenvalue weighted by Gasteiger charge is 2.20. The van der Waals surface area contributed by atoms with Crippen LogP contribution in [0, 0.1) is 13.8 Å². The summed E-state index contributed by atoms with van der Waals surface area (Å²) in [5, 5.41) is 0. The van der Waals surface area contributed by atoms with Crippen molar-refractivity contribution in [2.45, 2.75) is 20.4 Å². The van der Waals surface area contributed by atoms with E-state index in [-0.39, 0.29) is 22.8 Å². The number of ether oxygens (including phenoxy) is 1. The van der Waals surface area contributed by atoms with Gasteiger partial charge in [0, 0.05) is 24.7 Å². The Kier molecular flexibility index (Phi) is 6.98. The van der Waals surface area contributed by atoms with Crippen LogP contribution in [0.15, 0.2) is 72.8 Å². The van der Waals surface area contributed by atoms with E-state index in [1.54, 1.807) is 37.4 Å². The van der Waals surface area contributed by atoms with Gasteiger partial charge in [-0.05, 0) is 25.5 Å². The first kappa shape index (κ1) is 22.0. The lowest BCUT2D eigenvalue weighted by atomic mass is 9.98. The Balaban J connectivity index is 1.65. The minimum atomic E-state index is -0.701. The third-order valence-corrected chi connectivity index (χ3v) is 5.00. The largest absolute Gasteiger partial charge is 0.452 e. The monoisotopic (exact) mass is 415 g/mol. The van der Waals surface area contributed by atoms with Crippen molar-refractivity contribution in [2.75, 3.05) is 13.7 Å². The first-order valence-corrected chi connectivity index (χ1v) is 10.0. The van der Waals surface area contributed by atoms with E-state index >= 15 is 0 Å². The van der Waals surface area contributed by atoms with Crippen LogP contribution < -0.4 is 0 Å². The van der Waals surface area contributed by atoms with Crippen molar-refractivity contribution in [2.24, 2.45) is 0 Å². The van der Waals surface area contributed by atoms with Crippen molar-refractivity contribution in [3.05, 3.63) is 106 Å². The van der Waals surface area contributed by atoms with Gasteiger partial charge in [-0.3, -0.25) is 9.59 Å². The van der Waals surface area contributed by atoms with Crippen molar-refractivity contribution >= 4 is 17.7 Å². The highest BCUT2D eigenvalue weighted by molar-refractivity contribution is 6.14. The molecule has 0 saturated heterocycles. The Morgan fingerprint density at radius 1 is 0.774 bits per heavy atom. The molecule has 0 atom stereocenters. The molecule has 0 radical (unpaired) electrons. The number of benzene rings is 3. The van der Waals surface area contributed by atoms with Gasteiger partial charge in [-0.1, -0.05) is 77.9 Å². The zero-order valence-corrected chi connectivity index (χ0v) is 17.9. The fourth-order valence-corrected chi connectivity index (χ4v) is 3.09. The third kappa shape index (κ3) is 5.66. The van der Waals surface area contributed by atoms with E-state index < -0.39 is 12.6 Å². The van der Waals surface area contributed by atoms with Crippen LogP contribution in [-0.4, -0.2) is 36.2 Å². The van der Waals surface area contributed by atoms with Gasteiger partial charge in [-0.25, -0.2) is 4.79 Å². The number of hydrogen-bond donors (Lipinski definition) is 0. The standard InChI is InChI=1S/C26H25NO4/c1-18-8-12-20(13-9-18)16-27(3)24(28)17-31-26(30)23-7-5-4-6-22(23)25(29)21-14-10-19(2)11-15-21/h4-15H,16-17H2,1-3H3. The molecule has 0 saturated carbocycles. The van der Waals surface area contributed by atoms with E-state index in [9.17, 15) is 14.4 Å². The summed E-state index contributed by atoms with van der Waals surface area (Å²) in [7, 11) is 1.66. The molecule has 5 nitrogen and oxygen atoms in total. The quantitative estimate of drug-likeness (QED) is 0.425. The highest BCUT2D eigenvalue weighted by Crippen LogP contribution is 2.17. The van der Waals surface area contributed by atoms with Crippen LogP contribution in [0.2, 0.25) is 0 Å². The van der Waals surface area contributed by atoms with Gasteiger partial charge in [-0.15, -0.1) is 0 Å². The van der Waals surface area contributed by atoms with Gasteiger partial charge in [0.25, 0.3) is 5.91 Å². The molecule has 0 unspecified atom stereocenters. The molecular formula is C26H25NO4. The minimum absolute atomic E-state index is 0.141. The highest BCUT2D eigenvalue weighted by atomic mass is 16.5. The number of carbonyl (C=O) groups is 3. The smallest absolute Gasteiger partial charge is 0.339 e. The molecular weight excluding hydrogens is 390 g/mol. The Bertz CT molecular complexity index is 1090. The molecule has 0 aliphatic rings. The lowest BCUT2D eigenvalue weighted by Gasteiger charge is -2.17. The maximum absolute atomic E-state index is 12.9. The molecule has 3 aromatic rings. The zero-order chi connectivity index (χ0) is 22.4. The lowest BCUT2D eigenvalue weighted by molar-refractivity contribution is -0.133. The van der Waals surface area contributed by atoms with E-state index in [1.807, 2.05) is 50.2 Å².